The smallest absolute Gasteiger partial charge is 0.122 e. The SMILES string of the molecule is CCCc1c(C)c(O)cc(CC)c1O. The lowest BCUT2D eigenvalue weighted by Gasteiger charge is -2.12. The summed E-state index contributed by atoms with van der Waals surface area (Å²) in [6.07, 6.45) is 2.54. The fourth-order valence-corrected chi connectivity index (χ4v) is 1.69. The van der Waals surface area contributed by atoms with Gasteiger partial charge in [0.2, 0.25) is 0 Å². The van der Waals surface area contributed by atoms with Gasteiger partial charge in [-0.05, 0) is 37.0 Å². The van der Waals surface area contributed by atoms with Crippen molar-refractivity contribution in [3.05, 3.63) is 22.8 Å². The fraction of sp³-hybridized carbons (Fsp3) is 0.500. The van der Waals surface area contributed by atoms with E-state index in [0.29, 0.717) is 11.5 Å². The fourth-order valence-electron chi connectivity index (χ4n) is 1.69. The van der Waals surface area contributed by atoms with Crippen LogP contribution in [0.5, 0.6) is 11.5 Å². The Morgan fingerprint density at radius 3 is 2.36 bits per heavy atom. The molecule has 0 aliphatic heterocycles. The second-order valence-corrected chi connectivity index (χ2v) is 3.61. The number of hydrogen-bond acceptors (Lipinski definition) is 2. The zero-order valence-electron chi connectivity index (χ0n) is 9.09. The van der Waals surface area contributed by atoms with E-state index >= 15 is 0 Å². The van der Waals surface area contributed by atoms with Crippen molar-refractivity contribution in [3.63, 3.8) is 0 Å². The molecule has 0 amide bonds. The van der Waals surface area contributed by atoms with Gasteiger partial charge in [0.25, 0.3) is 0 Å². The van der Waals surface area contributed by atoms with E-state index in [9.17, 15) is 10.2 Å². The molecule has 0 bridgehead atoms. The molecule has 14 heavy (non-hydrogen) atoms. The Hall–Kier alpha value is -1.18. The third-order valence-corrected chi connectivity index (χ3v) is 2.62. The molecular formula is C12H18O2. The second-order valence-electron chi connectivity index (χ2n) is 3.61. The molecule has 0 unspecified atom stereocenters. The van der Waals surface area contributed by atoms with Gasteiger partial charge in [-0.15, -0.1) is 0 Å². The Labute approximate surface area is 85.2 Å². The minimum Gasteiger partial charge on any atom is -0.508 e. The molecule has 1 aromatic rings. The van der Waals surface area contributed by atoms with Gasteiger partial charge in [-0.1, -0.05) is 20.3 Å². The third kappa shape index (κ3) is 1.84. The molecule has 0 saturated carbocycles. The standard InChI is InChI=1S/C12H18O2/c1-4-6-10-8(3)11(13)7-9(5-2)12(10)14/h7,13-14H,4-6H2,1-3H3. The molecule has 1 rings (SSSR count). The largest absolute Gasteiger partial charge is 0.508 e. The van der Waals surface area contributed by atoms with E-state index in [0.717, 1.165) is 36.0 Å². The lowest BCUT2D eigenvalue weighted by atomic mass is 9.97. The lowest BCUT2D eigenvalue weighted by molar-refractivity contribution is 0.444. The molecule has 78 valence electrons. The Morgan fingerprint density at radius 2 is 1.86 bits per heavy atom. The van der Waals surface area contributed by atoms with E-state index in [1.165, 1.54) is 0 Å². The van der Waals surface area contributed by atoms with Crippen LogP contribution in [0.1, 0.15) is 37.0 Å². The van der Waals surface area contributed by atoms with Gasteiger partial charge < -0.3 is 10.2 Å². The van der Waals surface area contributed by atoms with Crippen LogP contribution in [-0.2, 0) is 12.8 Å². The molecule has 2 heteroatoms. The van der Waals surface area contributed by atoms with E-state index < -0.39 is 0 Å². The first-order chi connectivity index (χ1) is 6.61. The van der Waals surface area contributed by atoms with Crippen LogP contribution in [0, 0.1) is 6.92 Å². The number of aryl methyl sites for hydroxylation is 1. The Bertz CT molecular complexity index is 330. The van der Waals surface area contributed by atoms with Crippen LogP contribution in [0.4, 0.5) is 0 Å². The van der Waals surface area contributed by atoms with Crippen molar-refractivity contribution in [2.75, 3.05) is 0 Å². The monoisotopic (exact) mass is 194 g/mol. The van der Waals surface area contributed by atoms with E-state index in [-0.39, 0.29) is 0 Å². The van der Waals surface area contributed by atoms with Crippen molar-refractivity contribution in [1.82, 2.24) is 0 Å². The van der Waals surface area contributed by atoms with Crippen molar-refractivity contribution in [2.24, 2.45) is 0 Å². The minimum absolute atomic E-state index is 0.295. The van der Waals surface area contributed by atoms with Crippen LogP contribution < -0.4 is 0 Å². The van der Waals surface area contributed by atoms with Gasteiger partial charge in [0.1, 0.15) is 11.5 Å². The molecule has 0 radical (unpaired) electrons. The first kappa shape index (κ1) is 10.9. The highest BCUT2D eigenvalue weighted by Crippen LogP contribution is 2.33. The summed E-state index contributed by atoms with van der Waals surface area (Å²) in [6, 6.07) is 1.66. The summed E-state index contributed by atoms with van der Waals surface area (Å²) in [5, 5.41) is 19.6. The van der Waals surface area contributed by atoms with Crippen LogP contribution in [0.15, 0.2) is 6.07 Å². The molecule has 0 heterocycles. The molecule has 0 aliphatic carbocycles. The van der Waals surface area contributed by atoms with Crippen molar-refractivity contribution >= 4 is 0 Å². The normalized spacial score (nSPS) is 10.5. The summed E-state index contributed by atoms with van der Waals surface area (Å²) in [4.78, 5) is 0. The maximum absolute atomic E-state index is 9.91. The highest BCUT2D eigenvalue weighted by Gasteiger charge is 2.12. The van der Waals surface area contributed by atoms with Crippen molar-refractivity contribution < 1.29 is 10.2 Å². The Morgan fingerprint density at radius 1 is 1.21 bits per heavy atom. The van der Waals surface area contributed by atoms with E-state index in [1.807, 2.05) is 13.8 Å². The molecule has 2 nitrogen and oxygen atoms in total. The van der Waals surface area contributed by atoms with E-state index in [1.54, 1.807) is 6.07 Å². The van der Waals surface area contributed by atoms with Crippen LogP contribution in [-0.4, -0.2) is 10.2 Å². The van der Waals surface area contributed by atoms with Gasteiger partial charge in [-0.2, -0.15) is 0 Å². The second kappa shape index (κ2) is 4.36. The number of phenolic OH excluding ortho intramolecular Hbond substituents is 2. The molecule has 1 aromatic carbocycles. The third-order valence-electron chi connectivity index (χ3n) is 2.62. The zero-order chi connectivity index (χ0) is 10.7. The maximum Gasteiger partial charge on any atom is 0.122 e. The van der Waals surface area contributed by atoms with Crippen LogP contribution in [0.25, 0.3) is 0 Å². The highest BCUT2D eigenvalue weighted by molar-refractivity contribution is 5.52. The molecule has 0 spiro atoms. The number of phenols is 2. The summed E-state index contributed by atoms with van der Waals surface area (Å²) in [6.45, 7) is 5.88. The zero-order valence-corrected chi connectivity index (χ0v) is 9.09. The van der Waals surface area contributed by atoms with Gasteiger partial charge in [-0.25, -0.2) is 0 Å². The number of benzene rings is 1. The molecule has 0 atom stereocenters. The maximum atomic E-state index is 9.91. The van der Waals surface area contributed by atoms with Gasteiger partial charge in [-0.3, -0.25) is 0 Å². The molecule has 0 aromatic heterocycles. The van der Waals surface area contributed by atoms with Crippen LogP contribution >= 0.6 is 0 Å². The molecule has 0 fully saturated rings. The van der Waals surface area contributed by atoms with Crippen LogP contribution in [0.3, 0.4) is 0 Å². The predicted octanol–water partition coefficient (Wildman–Crippen LogP) is 2.92. The molecule has 2 N–H and O–H groups in total. The topological polar surface area (TPSA) is 40.5 Å². The first-order valence-electron chi connectivity index (χ1n) is 5.15. The van der Waals surface area contributed by atoms with E-state index in [2.05, 4.69) is 6.92 Å². The average Bonchev–Trinajstić information content (AvgIpc) is 2.18. The van der Waals surface area contributed by atoms with Gasteiger partial charge in [0, 0.05) is 5.56 Å². The average molecular weight is 194 g/mol. The predicted molar refractivity (Wildman–Crippen MR) is 57.9 cm³/mol. The van der Waals surface area contributed by atoms with Crippen molar-refractivity contribution in [3.8, 4) is 11.5 Å². The number of rotatable bonds is 3. The minimum atomic E-state index is 0.295. The lowest BCUT2D eigenvalue weighted by Crippen LogP contribution is -1.94. The summed E-state index contributed by atoms with van der Waals surface area (Å²) >= 11 is 0. The van der Waals surface area contributed by atoms with Gasteiger partial charge >= 0.3 is 0 Å². The number of hydrogen-bond donors (Lipinski definition) is 2. The van der Waals surface area contributed by atoms with Crippen LogP contribution in [0.2, 0.25) is 0 Å². The van der Waals surface area contributed by atoms with Gasteiger partial charge in [0.15, 0.2) is 0 Å². The summed E-state index contributed by atoms with van der Waals surface area (Å²) in [5.41, 5.74) is 2.53. The van der Waals surface area contributed by atoms with E-state index in [4.69, 9.17) is 0 Å². The number of aromatic hydroxyl groups is 2. The summed E-state index contributed by atoms with van der Waals surface area (Å²) < 4.78 is 0. The summed E-state index contributed by atoms with van der Waals surface area (Å²) in [5.74, 6) is 0.660. The van der Waals surface area contributed by atoms with Crippen molar-refractivity contribution in [1.29, 1.82) is 0 Å². The van der Waals surface area contributed by atoms with Gasteiger partial charge in [0.05, 0.1) is 0 Å². The molecule has 0 aliphatic rings. The van der Waals surface area contributed by atoms with Crippen molar-refractivity contribution in [2.45, 2.75) is 40.0 Å². The molecule has 0 saturated heterocycles. The Balaban J connectivity index is 3.29. The Kier molecular flexibility index (Phi) is 3.39. The molecular weight excluding hydrogens is 176 g/mol. The quantitative estimate of drug-likeness (QED) is 0.726. The first-order valence-corrected chi connectivity index (χ1v) is 5.15. The highest BCUT2D eigenvalue weighted by atomic mass is 16.3. The summed E-state index contributed by atoms with van der Waals surface area (Å²) in [7, 11) is 0.